The summed E-state index contributed by atoms with van der Waals surface area (Å²) in [7, 11) is 0. The third-order valence-corrected chi connectivity index (χ3v) is 3.66. The lowest BCUT2D eigenvalue weighted by Crippen LogP contribution is -2.26. The third kappa shape index (κ3) is 2.48. The van der Waals surface area contributed by atoms with Crippen molar-refractivity contribution in [3.63, 3.8) is 0 Å². The fourth-order valence-electron chi connectivity index (χ4n) is 1.48. The van der Waals surface area contributed by atoms with Gasteiger partial charge in [0.2, 0.25) is 0 Å². The monoisotopic (exact) mass is 253 g/mol. The summed E-state index contributed by atoms with van der Waals surface area (Å²) in [6.45, 7) is 6.41. The Balaban J connectivity index is 2.48. The van der Waals surface area contributed by atoms with Gasteiger partial charge in [-0.15, -0.1) is 11.3 Å². The molecule has 1 heterocycles. The molecule has 0 amide bonds. The van der Waals surface area contributed by atoms with E-state index in [-0.39, 0.29) is 5.54 Å². The molecule has 0 fully saturated rings. The largest absolute Gasteiger partial charge is 0.379 e. The van der Waals surface area contributed by atoms with Crippen molar-refractivity contribution in [1.29, 1.82) is 0 Å². The molecule has 0 aliphatic rings. The number of nitrogens with two attached hydrogens (primary N) is 1. The van der Waals surface area contributed by atoms with Gasteiger partial charge in [-0.05, 0) is 44.9 Å². The zero-order chi connectivity index (χ0) is 11.8. The third-order valence-electron chi connectivity index (χ3n) is 2.01. The second kappa shape index (κ2) is 4.24. The molecule has 3 nitrogen and oxygen atoms in total. The molecule has 5 heteroatoms. The highest BCUT2D eigenvalue weighted by molar-refractivity contribution is 7.99. The van der Waals surface area contributed by atoms with Crippen molar-refractivity contribution in [2.75, 3.05) is 5.32 Å². The van der Waals surface area contributed by atoms with Gasteiger partial charge in [-0.25, -0.2) is 4.98 Å². The van der Waals surface area contributed by atoms with E-state index in [9.17, 15) is 0 Å². The molecule has 1 aromatic heterocycles. The van der Waals surface area contributed by atoms with Crippen molar-refractivity contribution in [3.8, 4) is 0 Å². The SMILES string of the molecule is CC(C)(C)Nc1cccc2sc(SN)nc12. The van der Waals surface area contributed by atoms with Crippen LogP contribution in [0.2, 0.25) is 0 Å². The van der Waals surface area contributed by atoms with Gasteiger partial charge in [-0.2, -0.15) is 0 Å². The topological polar surface area (TPSA) is 50.9 Å². The van der Waals surface area contributed by atoms with E-state index in [4.69, 9.17) is 5.14 Å². The Labute approximate surface area is 104 Å². The number of nitrogens with one attached hydrogen (secondary N) is 1. The van der Waals surface area contributed by atoms with Crippen molar-refractivity contribution in [2.24, 2.45) is 5.14 Å². The van der Waals surface area contributed by atoms with E-state index >= 15 is 0 Å². The first-order valence-corrected chi connectivity index (χ1v) is 6.74. The lowest BCUT2D eigenvalue weighted by Gasteiger charge is -2.22. The highest BCUT2D eigenvalue weighted by Gasteiger charge is 2.13. The average molecular weight is 253 g/mol. The zero-order valence-electron chi connectivity index (χ0n) is 9.57. The number of rotatable bonds is 2. The minimum Gasteiger partial charge on any atom is -0.379 e. The molecule has 0 aliphatic heterocycles. The van der Waals surface area contributed by atoms with Gasteiger partial charge in [0, 0.05) is 5.54 Å². The van der Waals surface area contributed by atoms with Crippen LogP contribution in [0.1, 0.15) is 20.8 Å². The first kappa shape index (κ1) is 11.7. The Morgan fingerprint density at radius 1 is 1.38 bits per heavy atom. The normalized spacial score (nSPS) is 12.0. The van der Waals surface area contributed by atoms with Crippen LogP contribution in [-0.4, -0.2) is 10.5 Å². The smallest absolute Gasteiger partial charge is 0.165 e. The minimum absolute atomic E-state index is 0.0356. The molecule has 0 aliphatic carbocycles. The van der Waals surface area contributed by atoms with Crippen molar-refractivity contribution in [3.05, 3.63) is 18.2 Å². The average Bonchev–Trinajstić information content (AvgIpc) is 2.59. The van der Waals surface area contributed by atoms with Gasteiger partial charge in [0.1, 0.15) is 5.52 Å². The number of thiazole rings is 1. The second-order valence-corrected chi connectivity index (χ2v) is 6.54. The van der Waals surface area contributed by atoms with Gasteiger partial charge in [0.25, 0.3) is 0 Å². The van der Waals surface area contributed by atoms with Gasteiger partial charge in [-0.1, -0.05) is 6.07 Å². The Hall–Kier alpha value is -0.780. The van der Waals surface area contributed by atoms with Crippen LogP contribution < -0.4 is 10.5 Å². The molecule has 0 unspecified atom stereocenters. The summed E-state index contributed by atoms with van der Waals surface area (Å²) < 4.78 is 2.07. The Morgan fingerprint density at radius 2 is 2.12 bits per heavy atom. The van der Waals surface area contributed by atoms with Crippen molar-refractivity contribution in [1.82, 2.24) is 4.98 Å². The molecule has 2 aromatic rings. The molecular formula is C11H15N3S2. The van der Waals surface area contributed by atoms with Gasteiger partial charge >= 0.3 is 0 Å². The molecule has 0 atom stereocenters. The second-order valence-electron chi connectivity index (χ2n) is 4.62. The van der Waals surface area contributed by atoms with Crippen molar-refractivity contribution in [2.45, 2.75) is 30.6 Å². The van der Waals surface area contributed by atoms with E-state index in [1.165, 1.54) is 16.6 Å². The molecule has 0 bridgehead atoms. The molecular weight excluding hydrogens is 238 g/mol. The molecule has 2 rings (SSSR count). The molecule has 0 radical (unpaired) electrons. The summed E-state index contributed by atoms with van der Waals surface area (Å²) >= 11 is 2.83. The fraction of sp³-hybridized carbons (Fsp3) is 0.364. The maximum atomic E-state index is 5.54. The molecule has 0 saturated heterocycles. The number of para-hydroxylation sites is 1. The number of hydrogen-bond acceptors (Lipinski definition) is 5. The number of benzene rings is 1. The predicted molar refractivity (Wildman–Crippen MR) is 73.0 cm³/mol. The maximum absolute atomic E-state index is 5.54. The van der Waals surface area contributed by atoms with Crippen molar-refractivity contribution < 1.29 is 0 Å². The number of anilines is 1. The summed E-state index contributed by atoms with van der Waals surface area (Å²) in [5, 5.41) is 8.99. The quantitative estimate of drug-likeness (QED) is 0.805. The lowest BCUT2D eigenvalue weighted by molar-refractivity contribution is 0.635. The number of fused-ring (bicyclic) bond motifs is 1. The van der Waals surface area contributed by atoms with Gasteiger partial charge in [-0.3, -0.25) is 5.14 Å². The lowest BCUT2D eigenvalue weighted by atomic mass is 10.1. The van der Waals surface area contributed by atoms with Crippen LogP contribution in [0.4, 0.5) is 5.69 Å². The number of aromatic nitrogens is 1. The molecule has 86 valence electrons. The van der Waals surface area contributed by atoms with E-state index in [0.717, 1.165) is 15.5 Å². The summed E-state index contributed by atoms with van der Waals surface area (Å²) in [6.07, 6.45) is 0. The fourth-order valence-corrected chi connectivity index (χ4v) is 2.81. The van der Waals surface area contributed by atoms with Gasteiger partial charge in [0.05, 0.1) is 10.4 Å². The first-order chi connectivity index (χ1) is 7.49. The van der Waals surface area contributed by atoms with Gasteiger partial charge in [0.15, 0.2) is 4.34 Å². The van der Waals surface area contributed by atoms with E-state index in [1.54, 1.807) is 11.3 Å². The Morgan fingerprint density at radius 3 is 2.75 bits per heavy atom. The summed E-state index contributed by atoms with van der Waals surface area (Å²) in [6, 6.07) is 6.17. The van der Waals surface area contributed by atoms with Crippen LogP contribution in [0.5, 0.6) is 0 Å². The number of hydrogen-bond donors (Lipinski definition) is 2. The van der Waals surface area contributed by atoms with Crippen LogP contribution >= 0.6 is 23.3 Å². The van der Waals surface area contributed by atoms with Crippen LogP contribution in [0.25, 0.3) is 10.2 Å². The van der Waals surface area contributed by atoms with Crippen LogP contribution in [-0.2, 0) is 0 Å². The predicted octanol–water partition coefficient (Wildman–Crippen LogP) is 3.47. The summed E-state index contributed by atoms with van der Waals surface area (Å²) in [5.41, 5.74) is 2.12. The van der Waals surface area contributed by atoms with Gasteiger partial charge < -0.3 is 5.32 Å². The molecule has 1 aromatic carbocycles. The van der Waals surface area contributed by atoms with E-state index in [0.29, 0.717) is 0 Å². The zero-order valence-corrected chi connectivity index (χ0v) is 11.2. The van der Waals surface area contributed by atoms with E-state index in [2.05, 4.69) is 43.2 Å². The molecule has 0 spiro atoms. The van der Waals surface area contributed by atoms with Crippen LogP contribution in [0.15, 0.2) is 22.5 Å². The maximum Gasteiger partial charge on any atom is 0.165 e. The molecule has 0 saturated carbocycles. The van der Waals surface area contributed by atoms with Crippen LogP contribution in [0, 0.1) is 0 Å². The highest BCUT2D eigenvalue weighted by Crippen LogP contribution is 2.32. The summed E-state index contributed by atoms with van der Waals surface area (Å²) in [5.74, 6) is 0. The number of nitrogens with zero attached hydrogens (tertiary/aromatic N) is 1. The molecule has 3 N–H and O–H groups in total. The van der Waals surface area contributed by atoms with Crippen molar-refractivity contribution >= 4 is 39.2 Å². The molecule has 16 heavy (non-hydrogen) atoms. The Bertz CT molecular complexity index is 499. The minimum atomic E-state index is 0.0356. The highest BCUT2D eigenvalue weighted by atomic mass is 32.2. The van der Waals surface area contributed by atoms with E-state index < -0.39 is 0 Å². The van der Waals surface area contributed by atoms with Crippen LogP contribution in [0.3, 0.4) is 0 Å². The Kier molecular flexibility index (Phi) is 3.10. The first-order valence-electron chi connectivity index (χ1n) is 5.04. The summed E-state index contributed by atoms with van der Waals surface area (Å²) in [4.78, 5) is 4.51. The standard InChI is InChI=1S/C11H15N3S2/c1-11(2,3)14-7-5-4-6-8-9(7)13-10(15-8)16-12/h4-6,14H,12H2,1-3H3. The van der Waals surface area contributed by atoms with E-state index in [1.807, 2.05) is 6.07 Å².